The normalized spacial score (nSPS) is 12.5. The Balaban J connectivity index is 1.53. The Morgan fingerprint density at radius 3 is 1.46 bits per heavy atom. The fraction of sp³-hybridized carbons (Fsp3) is 0.191. The Bertz CT molecular complexity index is 2910. The number of rotatable bonds is 3. The van der Waals surface area contributed by atoms with E-state index in [9.17, 15) is 23.7 Å². The molecule has 4 nitrogen and oxygen atoms in total. The Morgan fingerprint density at radius 1 is 0.481 bits per heavy atom. The average Bonchev–Trinajstić information content (AvgIpc) is 3.65. The van der Waals surface area contributed by atoms with E-state index < -0.39 is 11.7 Å². The van der Waals surface area contributed by atoms with Crippen molar-refractivity contribution in [3.8, 4) is 34.6 Å². The zero-order valence-corrected chi connectivity index (χ0v) is 30.9. The second kappa shape index (κ2) is 12.1. The van der Waals surface area contributed by atoms with Gasteiger partial charge in [-0.15, -0.1) is 0 Å². The quantitative estimate of drug-likeness (QED) is 0.183. The minimum atomic E-state index is -4.69. The first-order chi connectivity index (χ1) is 25.6. The molecular weight excluding hydrogens is 678 g/mol. The van der Waals surface area contributed by atoms with Crippen molar-refractivity contribution in [3.05, 3.63) is 143 Å². The van der Waals surface area contributed by atoms with Crippen LogP contribution in [0.15, 0.2) is 115 Å². The number of halogens is 3. The molecule has 2 heterocycles. The number of fused-ring (bicyclic) bond motifs is 6. The van der Waals surface area contributed by atoms with Crippen molar-refractivity contribution in [2.24, 2.45) is 0 Å². The molecule has 0 fully saturated rings. The Morgan fingerprint density at radius 2 is 0.981 bits per heavy atom. The van der Waals surface area contributed by atoms with Crippen molar-refractivity contribution in [1.29, 1.82) is 10.5 Å². The first kappa shape index (κ1) is 34.8. The second-order valence-electron chi connectivity index (χ2n) is 16.1. The molecule has 0 aliphatic heterocycles. The van der Waals surface area contributed by atoms with Gasteiger partial charge < -0.3 is 9.13 Å². The van der Waals surface area contributed by atoms with Gasteiger partial charge in [-0.1, -0.05) is 90.1 Å². The molecule has 0 N–H and O–H groups in total. The fourth-order valence-electron chi connectivity index (χ4n) is 7.68. The summed E-state index contributed by atoms with van der Waals surface area (Å²) >= 11 is 0. The lowest BCUT2D eigenvalue weighted by Gasteiger charge is -2.21. The Hall–Kier alpha value is -6.31. The molecule has 0 spiro atoms. The number of hydrogen-bond acceptors (Lipinski definition) is 2. The molecule has 7 heteroatoms. The highest BCUT2D eigenvalue weighted by atomic mass is 19.4. The maximum absolute atomic E-state index is 14.4. The summed E-state index contributed by atoms with van der Waals surface area (Å²) in [5.41, 5.74) is 6.53. The second-order valence-corrected chi connectivity index (χ2v) is 16.1. The zero-order valence-electron chi connectivity index (χ0n) is 30.9. The van der Waals surface area contributed by atoms with Crippen LogP contribution in [0.4, 0.5) is 13.2 Å². The topological polar surface area (TPSA) is 57.4 Å². The first-order valence-corrected chi connectivity index (χ1v) is 17.9. The van der Waals surface area contributed by atoms with Gasteiger partial charge in [-0.3, -0.25) is 0 Å². The number of hydrogen-bond donors (Lipinski definition) is 0. The molecule has 0 saturated carbocycles. The summed E-state index contributed by atoms with van der Waals surface area (Å²) in [6, 6.07) is 40.0. The number of aromatic nitrogens is 2. The van der Waals surface area contributed by atoms with Crippen LogP contribution in [0.2, 0.25) is 0 Å². The summed E-state index contributed by atoms with van der Waals surface area (Å²) in [7, 11) is 0. The van der Waals surface area contributed by atoms with Crippen LogP contribution >= 0.6 is 0 Å². The van der Waals surface area contributed by atoms with Crippen molar-refractivity contribution < 1.29 is 13.2 Å². The van der Waals surface area contributed by atoms with E-state index >= 15 is 0 Å². The van der Waals surface area contributed by atoms with Gasteiger partial charge in [0.05, 0.1) is 56.2 Å². The number of para-hydroxylation sites is 2. The van der Waals surface area contributed by atoms with E-state index in [1.54, 1.807) is 6.07 Å². The van der Waals surface area contributed by atoms with Gasteiger partial charge in [-0.2, -0.15) is 23.7 Å². The van der Waals surface area contributed by atoms with Crippen molar-refractivity contribution in [2.45, 2.75) is 58.5 Å². The number of benzene rings is 6. The monoisotopic (exact) mass is 714 g/mol. The molecule has 0 unspecified atom stereocenters. The molecule has 0 atom stereocenters. The molecule has 6 aromatic carbocycles. The number of nitrogens with zero attached hydrogens (tertiary/aromatic N) is 4. The number of nitriles is 2. The summed E-state index contributed by atoms with van der Waals surface area (Å²) in [5, 5.41) is 24.9. The molecular formula is C47H37F3N4. The van der Waals surface area contributed by atoms with E-state index in [0.29, 0.717) is 22.5 Å². The largest absolute Gasteiger partial charge is 0.416 e. The first-order valence-electron chi connectivity index (χ1n) is 17.9. The minimum Gasteiger partial charge on any atom is -0.309 e. The third-order valence-electron chi connectivity index (χ3n) is 10.5. The Kier molecular flexibility index (Phi) is 7.80. The fourth-order valence-corrected chi connectivity index (χ4v) is 7.68. The van der Waals surface area contributed by atoms with Crippen LogP contribution in [0.1, 0.15) is 69.4 Å². The van der Waals surface area contributed by atoms with Gasteiger partial charge >= 0.3 is 6.18 Å². The van der Waals surface area contributed by atoms with Crippen molar-refractivity contribution >= 4 is 43.6 Å². The predicted octanol–water partition coefficient (Wildman–Crippen LogP) is 12.9. The van der Waals surface area contributed by atoms with Gasteiger partial charge in [-0.25, -0.2) is 0 Å². The van der Waals surface area contributed by atoms with E-state index in [1.807, 2.05) is 69.8 Å². The van der Waals surface area contributed by atoms with Crippen LogP contribution in [-0.2, 0) is 17.0 Å². The van der Waals surface area contributed by atoms with Gasteiger partial charge in [-0.05, 0) is 94.3 Å². The summed E-state index contributed by atoms with van der Waals surface area (Å²) in [6.45, 7) is 13.0. The van der Waals surface area contributed by atoms with E-state index in [1.165, 1.54) is 6.07 Å². The van der Waals surface area contributed by atoms with Crippen LogP contribution in [0, 0.1) is 22.7 Å². The molecule has 0 amide bonds. The van der Waals surface area contributed by atoms with Crippen LogP contribution < -0.4 is 0 Å². The van der Waals surface area contributed by atoms with Gasteiger partial charge in [0.1, 0.15) is 6.07 Å². The maximum Gasteiger partial charge on any atom is 0.416 e. The van der Waals surface area contributed by atoms with Crippen molar-refractivity contribution in [1.82, 2.24) is 9.13 Å². The van der Waals surface area contributed by atoms with Gasteiger partial charge in [0.25, 0.3) is 0 Å². The predicted molar refractivity (Wildman–Crippen MR) is 212 cm³/mol. The zero-order chi connectivity index (χ0) is 38.3. The standard InChI is InChI=1S/C47H37F3N4/c1-45(2,3)31-15-17-41-37(23-31)34-11-7-9-13-39(34)53(41)43-25-36(29-19-28(26-51)20-33(21-29)47(48,49)50)44(22-30(43)27-52)54-40-14-10-8-12-35(40)38-24-32(46(4,5)6)16-18-42(38)54/h7-25H,1-6H3. The van der Waals surface area contributed by atoms with Crippen molar-refractivity contribution in [2.75, 3.05) is 0 Å². The lowest BCUT2D eigenvalue weighted by atomic mass is 9.86. The van der Waals surface area contributed by atoms with Crippen LogP contribution in [-0.4, -0.2) is 9.13 Å². The van der Waals surface area contributed by atoms with Gasteiger partial charge in [0.15, 0.2) is 0 Å². The highest BCUT2D eigenvalue weighted by Gasteiger charge is 2.32. The SMILES string of the molecule is CC(C)(C)c1ccc2c(c1)c1ccccc1n2-c1cc(-c2cc(C#N)cc(C(F)(F)F)c2)c(-n2c3ccccc3c3cc(C(C)(C)C)ccc32)cc1C#N. The highest BCUT2D eigenvalue weighted by Crippen LogP contribution is 2.43. The summed E-state index contributed by atoms with van der Waals surface area (Å²) in [4.78, 5) is 0. The summed E-state index contributed by atoms with van der Waals surface area (Å²) < 4.78 is 47.4. The molecule has 0 bridgehead atoms. The van der Waals surface area contributed by atoms with E-state index in [0.717, 1.165) is 66.9 Å². The van der Waals surface area contributed by atoms with E-state index in [-0.39, 0.29) is 22.0 Å². The van der Waals surface area contributed by atoms with Crippen LogP contribution in [0.3, 0.4) is 0 Å². The van der Waals surface area contributed by atoms with Crippen LogP contribution in [0.5, 0.6) is 0 Å². The molecule has 0 radical (unpaired) electrons. The average molecular weight is 715 g/mol. The lowest BCUT2D eigenvalue weighted by Crippen LogP contribution is -2.10. The van der Waals surface area contributed by atoms with E-state index in [2.05, 4.69) is 84.0 Å². The molecule has 8 rings (SSSR count). The molecule has 266 valence electrons. The van der Waals surface area contributed by atoms with Crippen molar-refractivity contribution in [3.63, 3.8) is 0 Å². The molecule has 0 aliphatic rings. The van der Waals surface area contributed by atoms with Crippen LogP contribution in [0.25, 0.3) is 66.1 Å². The molecule has 54 heavy (non-hydrogen) atoms. The Labute approximate surface area is 311 Å². The number of alkyl halides is 3. The summed E-state index contributed by atoms with van der Waals surface area (Å²) in [5.74, 6) is 0. The lowest BCUT2D eigenvalue weighted by molar-refractivity contribution is -0.137. The molecule has 0 saturated heterocycles. The van der Waals surface area contributed by atoms with E-state index in [4.69, 9.17) is 0 Å². The molecule has 2 aromatic heterocycles. The smallest absolute Gasteiger partial charge is 0.309 e. The third kappa shape index (κ3) is 5.60. The highest BCUT2D eigenvalue weighted by molar-refractivity contribution is 6.11. The molecule has 8 aromatic rings. The molecule has 0 aliphatic carbocycles. The minimum absolute atomic E-state index is 0.109. The maximum atomic E-state index is 14.4. The summed E-state index contributed by atoms with van der Waals surface area (Å²) in [6.07, 6.45) is -4.69. The van der Waals surface area contributed by atoms with Gasteiger partial charge in [0.2, 0.25) is 0 Å². The van der Waals surface area contributed by atoms with Gasteiger partial charge in [0, 0.05) is 27.1 Å². The third-order valence-corrected chi connectivity index (χ3v) is 10.5.